The van der Waals surface area contributed by atoms with Crippen molar-refractivity contribution in [3.63, 3.8) is 0 Å². The van der Waals surface area contributed by atoms with Crippen LogP contribution in [-0.4, -0.2) is 0 Å². The molecule has 1 aromatic rings. The van der Waals surface area contributed by atoms with E-state index in [4.69, 9.17) is 5.73 Å². The molecule has 2 heteroatoms. The average molecular weight is 165 g/mol. The summed E-state index contributed by atoms with van der Waals surface area (Å²) < 4.78 is 12.8. The molecule has 0 heterocycles. The molecular weight excluding hydrogens is 153 g/mol. The van der Waals surface area contributed by atoms with E-state index < -0.39 is 0 Å². The fourth-order valence-corrected chi connectivity index (χ4v) is 1.82. The van der Waals surface area contributed by atoms with Gasteiger partial charge in [-0.1, -0.05) is 6.07 Å². The molecule has 12 heavy (non-hydrogen) atoms. The Labute approximate surface area is 71.4 Å². The summed E-state index contributed by atoms with van der Waals surface area (Å²) in [6.07, 6.45) is 3.08. The van der Waals surface area contributed by atoms with Gasteiger partial charge in [0.05, 0.1) is 0 Å². The van der Waals surface area contributed by atoms with Crippen molar-refractivity contribution in [2.24, 2.45) is 5.73 Å². The van der Waals surface area contributed by atoms with Crippen LogP contribution < -0.4 is 5.73 Å². The Hall–Kier alpha value is -0.890. The molecule has 2 N–H and O–H groups in total. The molecule has 0 fully saturated rings. The molecule has 1 aromatic carbocycles. The van der Waals surface area contributed by atoms with Gasteiger partial charge in [-0.25, -0.2) is 4.39 Å². The maximum Gasteiger partial charge on any atom is 0.123 e. The highest BCUT2D eigenvalue weighted by Gasteiger charge is 2.16. The highest BCUT2D eigenvalue weighted by Crippen LogP contribution is 2.27. The lowest BCUT2D eigenvalue weighted by molar-refractivity contribution is 0.560. The summed E-state index contributed by atoms with van der Waals surface area (Å²) in [7, 11) is 0. The molecular formula is C10H12FN. The molecule has 0 saturated carbocycles. The topological polar surface area (TPSA) is 26.0 Å². The van der Waals surface area contributed by atoms with E-state index in [-0.39, 0.29) is 11.9 Å². The Bertz CT molecular complexity index is 296. The normalized spacial score (nSPS) is 22.0. The van der Waals surface area contributed by atoms with Crippen molar-refractivity contribution in [2.45, 2.75) is 25.3 Å². The van der Waals surface area contributed by atoms with Crippen LogP contribution in [0.5, 0.6) is 0 Å². The molecule has 1 aliphatic carbocycles. The lowest BCUT2D eigenvalue weighted by atomic mass is 9.88. The van der Waals surface area contributed by atoms with Gasteiger partial charge in [0.1, 0.15) is 5.82 Å². The Morgan fingerprint density at radius 1 is 1.42 bits per heavy atom. The van der Waals surface area contributed by atoms with E-state index in [0.717, 1.165) is 30.4 Å². The number of rotatable bonds is 0. The van der Waals surface area contributed by atoms with Crippen molar-refractivity contribution in [1.29, 1.82) is 0 Å². The fourth-order valence-electron chi connectivity index (χ4n) is 1.82. The van der Waals surface area contributed by atoms with Crippen LogP contribution in [0.2, 0.25) is 0 Å². The maximum atomic E-state index is 12.8. The van der Waals surface area contributed by atoms with E-state index in [9.17, 15) is 4.39 Å². The number of halogens is 1. The highest BCUT2D eigenvalue weighted by atomic mass is 19.1. The van der Waals surface area contributed by atoms with E-state index in [1.54, 1.807) is 6.07 Å². The molecule has 1 nitrogen and oxygen atoms in total. The predicted molar refractivity (Wildman–Crippen MR) is 46.3 cm³/mol. The summed E-state index contributed by atoms with van der Waals surface area (Å²) in [6.45, 7) is 0. The molecule has 1 atom stereocenters. The standard InChI is InChI=1S/C10H12FN/c11-8-4-5-9-7(6-8)2-1-3-10(9)12/h4-6,10H,1-3,12H2. The largest absolute Gasteiger partial charge is 0.324 e. The molecule has 0 spiro atoms. The van der Waals surface area contributed by atoms with E-state index in [1.807, 2.05) is 6.07 Å². The summed E-state index contributed by atoms with van der Waals surface area (Å²) in [5.74, 6) is -0.150. The van der Waals surface area contributed by atoms with E-state index in [0.29, 0.717) is 0 Å². The summed E-state index contributed by atoms with van der Waals surface area (Å²) in [5, 5.41) is 0. The average Bonchev–Trinajstić information content (AvgIpc) is 2.04. The minimum atomic E-state index is -0.150. The van der Waals surface area contributed by atoms with Crippen molar-refractivity contribution in [2.75, 3.05) is 0 Å². The van der Waals surface area contributed by atoms with Crippen LogP contribution in [0, 0.1) is 5.82 Å². The minimum absolute atomic E-state index is 0.120. The van der Waals surface area contributed by atoms with Crippen LogP contribution in [-0.2, 0) is 6.42 Å². The van der Waals surface area contributed by atoms with Crippen LogP contribution in [0.25, 0.3) is 0 Å². The maximum absolute atomic E-state index is 12.8. The van der Waals surface area contributed by atoms with Crippen molar-refractivity contribution in [3.8, 4) is 0 Å². The molecule has 64 valence electrons. The van der Waals surface area contributed by atoms with Crippen LogP contribution >= 0.6 is 0 Å². The van der Waals surface area contributed by atoms with E-state index in [1.165, 1.54) is 6.07 Å². The Morgan fingerprint density at radius 2 is 2.25 bits per heavy atom. The van der Waals surface area contributed by atoms with Crippen LogP contribution in [0.3, 0.4) is 0 Å². The molecule has 2 rings (SSSR count). The molecule has 0 aromatic heterocycles. The zero-order valence-electron chi connectivity index (χ0n) is 6.89. The number of hydrogen-bond acceptors (Lipinski definition) is 1. The van der Waals surface area contributed by atoms with E-state index >= 15 is 0 Å². The molecule has 1 aliphatic rings. The summed E-state index contributed by atoms with van der Waals surface area (Å²) >= 11 is 0. The Balaban J connectivity index is 2.46. The smallest absolute Gasteiger partial charge is 0.123 e. The molecule has 0 bridgehead atoms. The van der Waals surface area contributed by atoms with Gasteiger partial charge in [-0.3, -0.25) is 0 Å². The molecule has 0 saturated heterocycles. The second-order valence-electron chi connectivity index (χ2n) is 3.34. The lowest BCUT2D eigenvalue weighted by Crippen LogP contribution is -2.17. The van der Waals surface area contributed by atoms with Gasteiger partial charge in [-0.05, 0) is 42.5 Å². The van der Waals surface area contributed by atoms with Gasteiger partial charge in [0, 0.05) is 6.04 Å². The number of nitrogens with two attached hydrogens (primary N) is 1. The third-order valence-corrected chi connectivity index (χ3v) is 2.47. The summed E-state index contributed by atoms with van der Waals surface area (Å²) in [4.78, 5) is 0. The molecule has 0 aliphatic heterocycles. The quantitative estimate of drug-likeness (QED) is 0.626. The first-order valence-corrected chi connectivity index (χ1v) is 4.31. The van der Waals surface area contributed by atoms with Gasteiger partial charge in [-0.15, -0.1) is 0 Å². The van der Waals surface area contributed by atoms with Crippen LogP contribution in [0.1, 0.15) is 30.0 Å². The number of fused-ring (bicyclic) bond motifs is 1. The van der Waals surface area contributed by atoms with Crippen LogP contribution in [0.15, 0.2) is 18.2 Å². The first-order valence-electron chi connectivity index (χ1n) is 4.31. The summed E-state index contributed by atoms with van der Waals surface area (Å²) in [5.41, 5.74) is 8.09. The van der Waals surface area contributed by atoms with E-state index in [2.05, 4.69) is 0 Å². The third kappa shape index (κ3) is 1.23. The zero-order valence-corrected chi connectivity index (χ0v) is 6.89. The third-order valence-electron chi connectivity index (χ3n) is 2.47. The number of aryl methyl sites for hydroxylation is 1. The molecule has 0 radical (unpaired) electrons. The zero-order chi connectivity index (χ0) is 8.55. The Morgan fingerprint density at radius 3 is 3.08 bits per heavy atom. The van der Waals surface area contributed by atoms with Crippen LogP contribution in [0.4, 0.5) is 4.39 Å². The van der Waals surface area contributed by atoms with Crippen molar-refractivity contribution in [3.05, 3.63) is 35.1 Å². The predicted octanol–water partition coefficient (Wildman–Crippen LogP) is 2.16. The molecule has 0 amide bonds. The number of hydrogen-bond donors (Lipinski definition) is 1. The second kappa shape index (κ2) is 2.87. The number of benzene rings is 1. The van der Waals surface area contributed by atoms with Gasteiger partial charge in [0.25, 0.3) is 0 Å². The second-order valence-corrected chi connectivity index (χ2v) is 3.34. The van der Waals surface area contributed by atoms with Crippen molar-refractivity contribution in [1.82, 2.24) is 0 Å². The highest BCUT2D eigenvalue weighted by molar-refractivity contribution is 5.32. The lowest BCUT2D eigenvalue weighted by Gasteiger charge is -2.21. The van der Waals surface area contributed by atoms with Gasteiger partial charge in [0.2, 0.25) is 0 Å². The first-order chi connectivity index (χ1) is 5.77. The minimum Gasteiger partial charge on any atom is -0.324 e. The van der Waals surface area contributed by atoms with Gasteiger partial charge in [-0.2, -0.15) is 0 Å². The Kier molecular flexibility index (Phi) is 1.85. The fraction of sp³-hybridized carbons (Fsp3) is 0.400. The summed E-state index contributed by atoms with van der Waals surface area (Å²) in [6, 6.07) is 5.03. The molecule has 1 unspecified atom stereocenters. The van der Waals surface area contributed by atoms with Gasteiger partial charge >= 0.3 is 0 Å². The van der Waals surface area contributed by atoms with Crippen molar-refractivity contribution < 1.29 is 4.39 Å². The first kappa shape index (κ1) is 7.74. The van der Waals surface area contributed by atoms with Gasteiger partial charge < -0.3 is 5.73 Å². The SMILES string of the molecule is NC1CCCc2cc(F)ccc21. The van der Waals surface area contributed by atoms with Crippen molar-refractivity contribution >= 4 is 0 Å². The monoisotopic (exact) mass is 165 g/mol. The van der Waals surface area contributed by atoms with Gasteiger partial charge in [0.15, 0.2) is 0 Å².